The molecule has 0 saturated heterocycles. The van der Waals surface area contributed by atoms with Gasteiger partial charge in [0, 0.05) is 29.6 Å². The molecule has 0 bridgehead atoms. The fraction of sp³-hybridized carbons (Fsp3) is 0.571. The molecule has 0 amide bonds. The molecule has 2 N–H and O–H groups in total. The third kappa shape index (κ3) is 5.19. The monoisotopic (exact) mass is 298 g/mol. The van der Waals surface area contributed by atoms with Crippen LogP contribution >= 0.6 is 15.9 Å². The van der Waals surface area contributed by atoms with Gasteiger partial charge >= 0.3 is 0 Å². The molecule has 1 unspecified atom stereocenters. The summed E-state index contributed by atoms with van der Waals surface area (Å²) in [7, 11) is 0. The highest BCUT2D eigenvalue weighted by Crippen LogP contribution is 2.19. The van der Waals surface area contributed by atoms with Crippen LogP contribution in [-0.4, -0.2) is 18.6 Å². The maximum absolute atomic E-state index is 3.56. The van der Waals surface area contributed by atoms with E-state index in [9.17, 15) is 0 Å². The van der Waals surface area contributed by atoms with Gasteiger partial charge in [0.05, 0.1) is 0 Å². The molecule has 0 aliphatic rings. The van der Waals surface area contributed by atoms with Crippen LogP contribution in [-0.2, 0) is 6.54 Å². The molecule has 2 nitrogen and oxygen atoms in total. The van der Waals surface area contributed by atoms with Crippen molar-refractivity contribution in [2.45, 2.75) is 46.3 Å². The topological polar surface area (TPSA) is 24.1 Å². The van der Waals surface area contributed by atoms with Crippen LogP contribution in [0.4, 0.5) is 0 Å². The van der Waals surface area contributed by atoms with Crippen LogP contribution in [0.1, 0.15) is 31.9 Å². The number of benzene rings is 1. The smallest absolute Gasteiger partial charge is 0.0211 e. The summed E-state index contributed by atoms with van der Waals surface area (Å²) in [5.74, 6) is 0. The normalized spacial score (nSPS) is 13.1. The SMILES string of the molecule is Cc1c(Br)cccc1CNC(C)CNC(C)C. The summed E-state index contributed by atoms with van der Waals surface area (Å²) in [6.07, 6.45) is 0. The first-order valence-electron chi connectivity index (χ1n) is 6.21. The highest BCUT2D eigenvalue weighted by atomic mass is 79.9. The van der Waals surface area contributed by atoms with E-state index in [4.69, 9.17) is 0 Å². The van der Waals surface area contributed by atoms with Crippen molar-refractivity contribution in [3.05, 3.63) is 33.8 Å². The summed E-state index contributed by atoms with van der Waals surface area (Å²) >= 11 is 3.56. The Labute approximate surface area is 113 Å². The summed E-state index contributed by atoms with van der Waals surface area (Å²) in [4.78, 5) is 0. The predicted molar refractivity (Wildman–Crippen MR) is 78.3 cm³/mol. The van der Waals surface area contributed by atoms with Gasteiger partial charge in [-0.1, -0.05) is 41.9 Å². The third-order valence-electron chi connectivity index (χ3n) is 2.85. The van der Waals surface area contributed by atoms with E-state index in [2.05, 4.69) is 72.5 Å². The number of rotatable bonds is 6. The Morgan fingerprint density at radius 3 is 2.53 bits per heavy atom. The quantitative estimate of drug-likeness (QED) is 0.842. The van der Waals surface area contributed by atoms with Gasteiger partial charge in [-0.3, -0.25) is 0 Å². The minimum absolute atomic E-state index is 0.482. The van der Waals surface area contributed by atoms with Gasteiger partial charge in [0.25, 0.3) is 0 Å². The van der Waals surface area contributed by atoms with E-state index >= 15 is 0 Å². The van der Waals surface area contributed by atoms with E-state index < -0.39 is 0 Å². The number of halogens is 1. The molecule has 96 valence electrons. The van der Waals surface area contributed by atoms with Crippen LogP contribution in [0.3, 0.4) is 0 Å². The Morgan fingerprint density at radius 2 is 1.88 bits per heavy atom. The summed E-state index contributed by atoms with van der Waals surface area (Å²) in [6, 6.07) is 7.38. The molecular weight excluding hydrogens is 276 g/mol. The van der Waals surface area contributed by atoms with Crippen LogP contribution in [0.2, 0.25) is 0 Å². The van der Waals surface area contributed by atoms with Gasteiger partial charge in [-0.2, -0.15) is 0 Å². The maximum Gasteiger partial charge on any atom is 0.0211 e. The molecular formula is C14H23BrN2. The van der Waals surface area contributed by atoms with Crippen molar-refractivity contribution < 1.29 is 0 Å². The maximum atomic E-state index is 3.56. The fourth-order valence-corrected chi connectivity index (χ4v) is 2.02. The molecule has 17 heavy (non-hydrogen) atoms. The zero-order valence-electron chi connectivity index (χ0n) is 11.2. The molecule has 0 aliphatic heterocycles. The second kappa shape index (κ2) is 7.14. The fourth-order valence-electron chi connectivity index (χ4n) is 1.61. The van der Waals surface area contributed by atoms with Gasteiger partial charge in [-0.15, -0.1) is 0 Å². The molecule has 3 heteroatoms. The summed E-state index contributed by atoms with van der Waals surface area (Å²) < 4.78 is 1.18. The van der Waals surface area contributed by atoms with Crippen molar-refractivity contribution in [2.24, 2.45) is 0 Å². The molecule has 0 spiro atoms. The van der Waals surface area contributed by atoms with Crippen LogP contribution in [0.5, 0.6) is 0 Å². The Hall–Kier alpha value is -0.380. The van der Waals surface area contributed by atoms with Gasteiger partial charge in [-0.05, 0) is 31.0 Å². The molecule has 1 rings (SSSR count). The number of hydrogen-bond donors (Lipinski definition) is 2. The Kier molecular flexibility index (Phi) is 6.17. The molecule has 0 fully saturated rings. The molecule has 0 saturated carbocycles. The molecule has 0 radical (unpaired) electrons. The van der Waals surface area contributed by atoms with Gasteiger partial charge in [-0.25, -0.2) is 0 Å². The lowest BCUT2D eigenvalue weighted by Crippen LogP contribution is -2.38. The van der Waals surface area contributed by atoms with Gasteiger partial charge in [0.15, 0.2) is 0 Å². The molecule has 0 heterocycles. The first kappa shape index (κ1) is 14.7. The van der Waals surface area contributed by atoms with Crippen LogP contribution in [0.25, 0.3) is 0 Å². The summed E-state index contributed by atoms with van der Waals surface area (Å²) in [6.45, 7) is 10.6. The van der Waals surface area contributed by atoms with Crippen molar-refractivity contribution >= 4 is 15.9 Å². The second-order valence-corrected chi connectivity index (χ2v) is 5.72. The molecule has 1 aromatic rings. The lowest BCUT2D eigenvalue weighted by atomic mass is 10.1. The van der Waals surface area contributed by atoms with E-state index in [1.165, 1.54) is 15.6 Å². The van der Waals surface area contributed by atoms with Crippen molar-refractivity contribution in [3.8, 4) is 0 Å². The van der Waals surface area contributed by atoms with E-state index in [0.29, 0.717) is 12.1 Å². The van der Waals surface area contributed by atoms with Gasteiger partial charge in [0.2, 0.25) is 0 Å². The Bertz CT molecular complexity index is 350. The summed E-state index contributed by atoms with van der Waals surface area (Å²) in [5, 5.41) is 6.97. The van der Waals surface area contributed by atoms with E-state index in [1.807, 2.05) is 0 Å². The molecule has 0 aromatic heterocycles. The first-order chi connectivity index (χ1) is 8.00. The van der Waals surface area contributed by atoms with Crippen LogP contribution < -0.4 is 10.6 Å². The van der Waals surface area contributed by atoms with Crippen molar-refractivity contribution in [3.63, 3.8) is 0 Å². The van der Waals surface area contributed by atoms with Crippen molar-refractivity contribution in [1.82, 2.24) is 10.6 Å². The average Bonchev–Trinajstić information content (AvgIpc) is 2.28. The van der Waals surface area contributed by atoms with Gasteiger partial charge < -0.3 is 10.6 Å². The standard InChI is InChI=1S/C14H23BrN2/c1-10(2)16-8-11(3)17-9-13-6-5-7-14(15)12(13)4/h5-7,10-11,16-17H,8-9H2,1-4H3. The largest absolute Gasteiger partial charge is 0.313 e. The number of nitrogens with one attached hydrogen (secondary N) is 2. The van der Waals surface area contributed by atoms with Crippen LogP contribution in [0, 0.1) is 6.92 Å². The third-order valence-corrected chi connectivity index (χ3v) is 3.71. The Morgan fingerprint density at radius 1 is 1.18 bits per heavy atom. The van der Waals surface area contributed by atoms with E-state index in [-0.39, 0.29) is 0 Å². The zero-order chi connectivity index (χ0) is 12.8. The highest BCUT2D eigenvalue weighted by molar-refractivity contribution is 9.10. The Balaban J connectivity index is 2.42. The van der Waals surface area contributed by atoms with Crippen molar-refractivity contribution in [1.29, 1.82) is 0 Å². The lowest BCUT2D eigenvalue weighted by molar-refractivity contribution is 0.473. The minimum Gasteiger partial charge on any atom is -0.313 e. The molecule has 0 aliphatic carbocycles. The second-order valence-electron chi connectivity index (χ2n) is 4.87. The van der Waals surface area contributed by atoms with Crippen LogP contribution in [0.15, 0.2) is 22.7 Å². The molecule has 1 aromatic carbocycles. The zero-order valence-corrected chi connectivity index (χ0v) is 12.8. The van der Waals surface area contributed by atoms with E-state index in [1.54, 1.807) is 0 Å². The lowest BCUT2D eigenvalue weighted by Gasteiger charge is -2.17. The number of hydrogen-bond acceptors (Lipinski definition) is 2. The van der Waals surface area contributed by atoms with Gasteiger partial charge in [0.1, 0.15) is 0 Å². The average molecular weight is 299 g/mol. The van der Waals surface area contributed by atoms with Crippen molar-refractivity contribution in [2.75, 3.05) is 6.54 Å². The predicted octanol–water partition coefficient (Wildman–Crippen LogP) is 3.23. The van der Waals surface area contributed by atoms with E-state index in [0.717, 1.165) is 13.1 Å². The first-order valence-corrected chi connectivity index (χ1v) is 7.00. The minimum atomic E-state index is 0.482. The summed E-state index contributed by atoms with van der Waals surface area (Å²) in [5.41, 5.74) is 2.68. The molecule has 1 atom stereocenters. The highest BCUT2D eigenvalue weighted by Gasteiger charge is 2.05.